The van der Waals surface area contributed by atoms with E-state index in [2.05, 4.69) is 47.1 Å². The predicted molar refractivity (Wildman–Crippen MR) is 78.6 cm³/mol. The van der Waals surface area contributed by atoms with Gasteiger partial charge in [0, 0.05) is 32.2 Å². The number of allylic oxidation sites excluding steroid dienone is 1. The van der Waals surface area contributed by atoms with E-state index in [4.69, 9.17) is 0 Å². The van der Waals surface area contributed by atoms with Crippen molar-refractivity contribution in [3.63, 3.8) is 0 Å². The smallest absolute Gasteiger partial charge is 0.0361 e. The van der Waals surface area contributed by atoms with Gasteiger partial charge in [0.1, 0.15) is 0 Å². The Bertz CT molecular complexity index is 525. The minimum Gasteiger partial charge on any atom is -0.378 e. The fourth-order valence-electron chi connectivity index (χ4n) is 1.82. The largest absolute Gasteiger partial charge is 0.378 e. The molecule has 0 N–H and O–H groups in total. The summed E-state index contributed by atoms with van der Waals surface area (Å²) in [5.41, 5.74) is 4.89. The molecule has 2 rings (SSSR count). The Morgan fingerprint density at radius 3 is 2.17 bits per heavy atom. The molecule has 2 nitrogen and oxygen atoms in total. The van der Waals surface area contributed by atoms with Crippen LogP contribution >= 0.6 is 0 Å². The predicted octanol–water partition coefficient (Wildman–Crippen LogP) is 3.71. The van der Waals surface area contributed by atoms with Crippen molar-refractivity contribution < 1.29 is 0 Å². The van der Waals surface area contributed by atoms with Crippen LogP contribution in [0.5, 0.6) is 0 Å². The molecule has 2 heteroatoms. The Morgan fingerprint density at radius 1 is 1.00 bits per heavy atom. The lowest BCUT2D eigenvalue weighted by atomic mass is 10.1. The summed E-state index contributed by atoms with van der Waals surface area (Å²) in [5.74, 6) is 0. The van der Waals surface area contributed by atoms with E-state index in [1.807, 2.05) is 38.6 Å². The van der Waals surface area contributed by atoms with Gasteiger partial charge in [-0.2, -0.15) is 0 Å². The first kappa shape index (κ1) is 12.4. The molecule has 1 aromatic heterocycles. The molecule has 0 aliphatic carbocycles. The van der Waals surface area contributed by atoms with Crippen LogP contribution in [-0.4, -0.2) is 19.1 Å². The van der Waals surface area contributed by atoms with Crippen molar-refractivity contribution in [2.75, 3.05) is 19.0 Å². The molecule has 1 heterocycles. The van der Waals surface area contributed by atoms with E-state index in [0.717, 1.165) is 0 Å². The third-order valence-corrected chi connectivity index (χ3v) is 2.93. The van der Waals surface area contributed by atoms with Gasteiger partial charge < -0.3 is 4.90 Å². The standard InChI is InChI=1S/C16H18N2/c1-13(15-8-10-17-11-9-15)12-14-4-6-16(7-5-14)18(2)3/h4-12H,1-3H3. The van der Waals surface area contributed by atoms with Crippen molar-refractivity contribution in [3.8, 4) is 0 Å². The highest BCUT2D eigenvalue weighted by molar-refractivity contribution is 5.80. The van der Waals surface area contributed by atoms with E-state index in [9.17, 15) is 0 Å². The maximum absolute atomic E-state index is 4.03. The summed E-state index contributed by atoms with van der Waals surface area (Å²) in [6.07, 6.45) is 5.83. The molecule has 0 spiro atoms. The van der Waals surface area contributed by atoms with E-state index in [1.165, 1.54) is 22.4 Å². The zero-order chi connectivity index (χ0) is 13.0. The molecule has 2 aromatic rings. The maximum Gasteiger partial charge on any atom is 0.0361 e. The number of aromatic nitrogens is 1. The van der Waals surface area contributed by atoms with Crippen LogP contribution in [0, 0.1) is 0 Å². The molecular weight excluding hydrogens is 220 g/mol. The zero-order valence-corrected chi connectivity index (χ0v) is 11.1. The molecule has 0 aliphatic heterocycles. The third kappa shape index (κ3) is 2.98. The molecule has 0 saturated carbocycles. The van der Waals surface area contributed by atoms with Gasteiger partial charge in [0.15, 0.2) is 0 Å². The lowest BCUT2D eigenvalue weighted by molar-refractivity contribution is 1.13. The van der Waals surface area contributed by atoms with Gasteiger partial charge in [-0.05, 0) is 47.9 Å². The fraction of sp³-hybridized carbons (Fsp3) is 0.188. The summed E-state index contributed by atoms with van der Waals surface area (Å²) in [6.45, 7) is 2.12. The van der Waals surface area contributed by atoms with Crippen LogP contribution in [0.4, 0.5) is 5.69 Å². The lowest BCUT2D eigenvalue weighted by Crippen LogP contribution is -2.07. The number of pyridine rings is 1. The monoisotopic (exact) mass is 238 g/mol. The second-order valence-electron chi connectivity index (χ2n) is 4.55. The average Bonchev–Trinajstić information content (AvgIpc) is 2.40. The highest BCUT2D eigenvalue weighted by Gasteiger charge is 1.97. The molecule has 0 saturated heterocycles. The van der Waals surface area contributed by atoms with Gasteiger partial charge in [-0.1, -0.05) is 18.2 Å². The van der Waals surface area contributed by atoms with Gasteiger partial charge >= 0.3 is 0 Å². The Balaban J connectivity index is 2.23. The SMILES string of the molecule is CC(=Cc1ccc(N(C)C)cc1)c1ccncc1. The average molecular weight is 238 g/mol. The number of hydrogen-bond donors (Lipinski definition) is 0. The summed E-state index contributed by atoms with van der Waals surface area (Å²) in [7, 11) is 4.10. The van der Waals surface area contributed by atoms with Crippen LogP contribution in [0.2, 0.25) is 0 Å². The van der Waals surface area contributed by atoms with E-state index in [1.54, 1.807) is 0 Å². The second kappa shape index (κ2) is 5.50. The van der Waals surface area contributed by atoms with Crippen LogP contribution in [0.1, 0.15) is 18.1 Å². The van der Waals surface area contributed by atoms with Gasteiger partial charge in [0.2, 0.25) is 0 Å². The topological polar surface area (TPSA) is 16.1 Å². The zero-order valence-electron chi connectivity index (χ0n) is 11.1. The molecule has 0 unspecified atom stereocenters. The van der Waals surface area contributed by atoms with Crippen LogP contribution in [0.25, 0.3) is 11.6 Å². The van der Waals surface area contributed by atoms with Crippen LogP contribution in [0.3, 0.4) is 0 Å². The minimum absolute atomic E-state index is 1.21. The lowest BCUT2D eigenvalue weighted by Gasteiger charge is -2.12. The second-order valence-corrected chi connectivity index (χ2v) is 4.55. The first-order valence-electron chi connectivity index (χ1n) is 6.03. The molecule has 0 bridgehead atoms. The Labute approximate surface area is 109 Å². The van der Waals surface area contributed by atoms with Crippen molar-refractivity contribution in [3.05, 3.63) is 59.9 Å². The van der Waals surface area contributed by atoms with Crippen molar-refractivity contribution in [2.24, 2.45) is 0 Å². The molecule has 92 valence electrons. The fourth-order valence-corrected chi connectivity index (χ4v) is 1.82. The maximum atomic E-state index is 4.03. The van der Waals surface area contributed by atoms with Crippen molar-refractivity contribution in [1.29, 1.82) is 0 Å². The van der Waals surface area contributed by atoms with E-state index >= 15 is 0 Å². The molecule has 0 amide bonds. The number of hydrogen-bond acceptors (Lipinski definition) is 2. The van der Waals surface area contributed by atoms with Crippen LogP contribution in [-0.2, 0) is 0 Å². The summed E-state index contributed by atoms with van der Waals surface area (Å²) < 4.78 is 0. The van der Waals surface area contributed by atoms with Gasteiger partial charge in [0.25, 0.3) is 0 Å². The van der Waals surface area contributed by atoms with Crippen molar-refractivity contribution in [2.45, 2.75) is 6.92 Å². The molecule has 0 radical (unpaired) electrons. The number of rotatable bonds is 3. The molecule has 0 aliphatic rings. The molecule has 1 aromatic carbocycles. The van der Waals surface area contributed by atoms with E-state index in [-0.39, 0.29) is 0 Å². The highest BCUT2D eigenvalue weighted by Crippen LogP contribution is 2.19. The Morgan fingerprint density at radius 2 is 1.61 bits per heavy atom. The Kier molecular flexibility index (Phi) is 3.78. The third-order valence-electron chi connectivity index (χ3n) is 2.93. The first-order valence-corrected chi connectivity index (χ1v) is 6.03. The normalized spacial score (nSPS) is 11.4. The summed E-state index contributed by atoms with van der Waals surface area (Å²) >= 11 is 0. The van der Waals surface area contributed by atoms with Gasteiger partial charge in [0.05, 0.1) is 0 Å². The van der Waals surface area contributed by atoms with Crippen molar-refractivity contribution in [1.82, 2.24) is 4.98 Å². The molecular formula is C16H18N2. The van der Waals surface area contributed by atoms with Crippen molar-refractivity contribution >= 4 is 17.3 Å². The quantitative estimate of drug-likeness (QED) is 0.810. The Hall–Kier alpha value is -2.09. The summed E-state index contributed by atoms with van der Waals surface area (Å²) in [6, 6.07) is 12.6. The van der Waals surface area contributed by atoms with Gasteiger partial charge in [-0.3, -0.25) is 4.98 Å². The molecule has 18 heavy (non-hydrogen) atoms. The number of nitrogens with zero attached hydrogens (tertiary/aromatic N) is 2. The van der Waals surface area contributed by atoms with Crippen LogP contribution < -0.4 is 4.90 Å². The molecule has 0 atom stereocenters. The minimum atomic E-state index is 1.21. The molecule has 0 fully saturated rings. The highest BCUT2D eigenvalue weighted by atomic mass is 15.1. The number of anilines is 1. The first-order chi connectivity index (χ1) is 8.66. The summed E-state index contributed by atoms with van der Waals surface area (Å²) in [5, 5.41) is 0. The summed E-state index contributed by atoms with van der Waals surface area (Å²) in [4.78, 5) is 6.13. The van der Waals surface area contributed by atoms with Crippen LogP contribution in [0.15, 0.2) is 48.8 Å². The van der Waals surface area contributed by atoms with Gasteiger partial charge in [-0.15, -0.1) is 0 Å². The van der Waals surface area contributed by atoms with E-state index < -0.39 is 0 Å². The van der Waals surface area contributed by atoms with Gasteiger partial charge in [-0.25, -0.2) is 0 Å². The van der Waals surface area contributed by atoms with E-state index in [0.29, 0.717) is 0 Å². The number of benzene rings is 1.